The normalized spacial score (nSPS) is 11.1. The third-order valence-electron chi connectivity index (χ3n) is 3.04. The minimum absolute atomic E-state index is 0.470. The summed E-state index contributed by atoms with van der Waals surface area (Å²) in [6.07, 6.45) is 1.50. The van der Waals surface area contributed by atoms with Crippen LogP contribution < -0.4 is 10.7 Å². The van der Waals surface area contributed by atoms with Crippen molar-refractivity contribution in [2.75, 3.05) is 5.32 Å². The third kappa shape index (κ3) is 3.82. The zero-order valence-electron chi connectivity index (χ0n) is 12.6. The van der Waals surface area contributed by atoms with Gasteiger partial charge >= 0.3 is 11.8 Å². The number of nitrogens with zero attached hydrogens (tertiary/aromatic N) is 1. The number of benzene rings is 1. The lowest BCUT2D eigenvalue weighted by atomic mass is 10.1. The number of carbonyl (C=O) groups is 2. The summed E-state index contributed by atoms with van der Waals surface area (Å²) in [5, 5.41) is 6.38. The van der Waals surface area contributed by atoms with Gasteiger partial charge in [0.05, 0.1) is 6.26 Å². The first kappa shape index (κ1) is 15.5. The topological polar surface area (TPSA) is 83.7 Å². The fourth-order valence-electron chi connectivity index (χ4n) is 1.86. The second-order valence-corrected chi connectivity index (χ2v) is 4.89. The van der Waals surface area contributed by atoms with Crippen molar-refractivity contribution >= 4 is 23.2 Å². The lowest BCUT2D eigenvalue weighted by molar-refractivity contribution is -0.136. The summed E-state index contributed by atoms with van der Waals surface area (Å²) in [6.45, 7) is 5.48. The molecule has 1 aromatic carbocycles. The molecule has 114 valence electrons. The van der Waals surface area contributed by atoms with Crippen LogP contribution in [-0.4, -0.2) is 17.5 Å². The van der Waals surface area contributed by atoms with Crippen LogP contribution in [0.5, 0.6) is 0 Å². The molecular formula is C16H17N3O3. The van der Waals surface area contributed by atoms with Gasteiger partial charge in [-0.1, -0.05) is 17.7 Å². The molecule has 22 heavy (non-hydrogen) atoms. The van der Waals surface area contributed by atoms with Gasteiger partial charge in [-0.25, -0.2) is 5.43 Å². The van der Waals surface area contributed by atoms with E-state index in [1.165, 1.54) is 6.26 Å². The Kier molecular flexibility index (Phi) is 4.73. The molecule has 1 heterocycles. The summed E-state index contributed by atoms with van der Waals surface area (Å²) < 4.78 is 5.13. The molecule has 2 aromatic rings. The summed E-state index contributed by atoms with van der Waals surface area (Å²) in [7, 11) is 0. The second-order valence-electron chi connectivity index (χ2n) is 4.89. The Labute approximate surface area is 128 Å². The molecule has 0 saturated heterocycles. The molecule has 2 amide bonds. The van der Waals surface area contributed by atoms with Crippen LogP contribution in [-0.2, 0) is 9.59 Å². The molecule has 0 radical (unpaired) electrons. The third-order valence-corrected chi connectivity index (χ3v) is 3.04. The molecule has 1 aromatic heterocycles. The van der Waals surface area contributed by atoms with E-state index in [1.54, 1.807) is 25.1 Å². The minimum Gasteiger partial charge on any atom is -0.463 e. The van der Waals surface area contributed by atoms with Gasteiger partial charge in [0, 0.05) is 5.69 Å². The molecule has 6 heteroatoms. The van der Waals surface area contributed by atoms with Crippen LogP contribution in [0.15, 0.2) is 46.1 Å². The van der Waals surface area contributed by atoms with Crippen LogP contribution in [0.1, 0.15) is 23.8 Å². The van der Waals surface area contributed by atoms with Crippen molar-refractivity contribution in [3.8, 4) is 0 Å². The highest BCUT2D eigenvalue weighted by atomic mass is 16.3. The maximum absolute atomic E-state index is 11.8. The van der Waals surface area contributed by atoms with Crippen molar-refractivity contribution in [1.29, 1.82) is 0 Å². The Morgan fingerprint density at radius 3 is 2.55 bits per heavy atom. The fraction of sp³-hybridized carbons (Fsp3) is 0.188. The zero-order valence-corrected chi connectivity index (χ0v) is 12.6. The first-order valence-electron chi connectivity index (χ1n) is 6.74. The van der Waals surface area contributed by atoms with Crippen molar-refractivity contribution in [3.05, 3.63) is 53.5 Å². The van der Waals surface area contributed by atoms with E-state index in [4.69, 9.17) is 4.42 Å². The number of carbonyl (C=O) groups excluding carboxylic acids is 2. The number of furan rings is 1. The number of aryl methyl sites for hydroxylation is 2. The van der Waals surface area contributed by atoms with Crippen molar-refractivity contribution in [1.82, 2.24) is 5.43 Å². The van der Waals surface area contributed by atoms with E-state index in [9.17, 15) is 9.59 Å². The van der Waals surface area contributed by atoms with Crippen molar-refractivity contribution in [3.63, 3.8) is 0 Å². The molecule has 0 atom stereocenters. The molecule has 0 fully saturated rings. The summed E-state index contributed by atoms with van der Waals surface area (Å²) in [6, 6.07) is 8.96. The zero-order chi connectivity index (χ0) is 16.1. The second kappa shape index (κ2) is 6.71. The van der Waals surface area contributed by atoms with Gasteiger partial charge in [0.15, 0.2) is 0 Å². The molecule has 2 rings (SSSR count). The first-order valence-corrected chi connectivity index (χ1v) is 6.74. The van der Waals surface area contributed by atoms with Crippen LogP contribution in [0, 0.1) is 13.8 Å². The van der Waals surface area contributed by atoms with E-state index >= 15 is 0 Å². The van der Waals surface area contributed by atoms with Crippen LogP contribution in [0.2, 0.25) is 0 Å². The monoisotopic (exact) mass is 299 g/mol. The van der Waals surface area contributed by atoms with Gasteiger partial charge in [-0.3, -0.25) is 9.59 Å². The van der Waals surface area contributed by atoms with Crippen LogP contribution >= 0.6 is 0 Å². The molecule has 0 aliphatic rings. The Morgan fingerprint density at radius 1 is 1.14 bits per heavy atom. The van der Waals surface area contributed by atoms with E-state index in [-0.39, 0.29) is 0 Å². The number of hydrogen-bond donors (Lipinski definition) is 2. The minimum atomic E-state index is -0.842. The van der Waals surface area contributed by atoms with Crippen molar-refractivity contribution in [2.45, 2.75) is 20.8 Å². The molecule has 0 saturated carbocycles. The molecule has 0 bridgehead atoms. The SMILES string of the molecule is C/C(=N\NC(=O)C(=O)Nc1ccc(C)cc1C)c1ccco1. The number of hydrogen-bond acceptors (Lipinski definition) is 4. The Hall–Kier alpha value is -2.89. The van der Waals surface area contributed by atoms with E-state index in [0.29, 0.717) is 17.2 Å². The van der Waals surface area contributed by atoms with Gasteiger partial charge in [-0.05, 0) is 44.5 Å². The number of amides is 2. The smallest absolute Gasteiger partial charge is 0.329 e. The summed E-state index contributed by atoms with van der Waals surface area (Å²) in [4.78, 5) is 23.6. The maximum atomic E-state index is 11.8. The summed E-state index contributed by atoms with van der Waals surface area (Å²) in [5.41, 5.74) is 5.23. The van der Waals surface area contributed by atoms with E-state index in [2.05, 4.69) is 15.8 Å². The molecule has 6 nitrogen and oxygen atoms in total. The lowest BCUT2D eigenvalue weighted by Crippen LogP contribution is -2.33. The molecule has 2 N–H and O–H groups in total. The summed E-state index contributed by atoms with van der Waals surface area (Å²) >= 11 is 0. The van der Waals surface area contributed by atoms with E-state index < -0.39 is 11.8 Å². The van der Waals surface area contributed by atoms with Gasteiger partial charge in [0.25, 0.3) is 0 Å². The molecule has 0 spiro atoms. The predicted octanol–water partition coefficient (Wildman–Crippen LogP) is 2.38. The molecule has 0 unspecified atom stereocenters. The lowest BCUT2D eigenvalue weighted by Gasteiger charge is -2.08. The highest BCUT2D eigenvalue weighted by Crippen LogP contribution is 2.15. The van der Waals surface area contributed by atoms with Crippen LogP contribution in [0.3, 0.4) is 0 Å². The Balaban J connectivity index is 1.98. The van der Waals surface area contributed by atoms with Crippen LogP contribution in [0.4, 0.5) is 5.69 Å². The number of hydrazone groups is 1. The van der Waals surface area contributed by atoms with E-state index in [1.807, 2.05) is 26.0 Å². The van der Waals surface area contributed by atoms with Gasteiger partial charge in [0.1, 0.15) is 11.5 Å². The number of nitrogens with one attached hydrogen (secondary N) is 2. The van der Waals surface area contributed by atoms with Gasteiger partial charge in [0.2, 0.25) is 0 Å². The van der Waals surface area contributed by atoms with Crippen molar-refractivity contribution < 1.29 is 14.0 Å². The average Bonchev–Trinajstić information content (AvgIpc) is 3.01. The number of rotatable bonds is 3. The molecule has 0 aliphatic heterocycles. The van der Waals surface area contributed by atoms with Gasteiger partial charge < -0.3 is 9.73 Å². The highest BCUT2D eigenvalue weighted by Gasteiger charge is 2.14. The predicted molar refractivity (Wildman–Crippen MR) is 83.6 cm³/mol. The average molecular weight is 299 g/mol. The fourth-order valence-corrected chi connectivity index (χ4v) is 1.86. The first-order chi connectivity index (χ1) is 10.5. The quantitative estimate of drug-likeness (QED) is 0.518. The Morgan fingerprint density at radius 2 is 1.91 bits per heavy atom. The highest BCUT2D eigenvalue weighted by molar-refractivity contribution is 6.39. The maximum Gasteiger partial charge on any atom is 0.329 e. The Bertz CT molecular complexity index is 718. The van der Waals surface area contributed by atoms with Gasteiger partial charge in [-0.15, -0.1) is 0 Å². The summed E-state index contributed by atoms with van der Waals surface area (Å²) in [5.74, 6) is -1.09. The van der Waals surface area contributed by atoms with E-state index in [0.717, 1.165) is 11.1 Å². The van der Waals surface area contributed by atoms with Crippen molar-refractivity contribution in [2.24, 2.45) is 5.10 Å². The van der Waals surface area contributed by atoms with Gasteiger partial charge in [-0.2, -0.15) is 5.10 Å². The standard InChI is InChI=1S/C16H17N3O3/c1-10-6-7-13(11(2)9-10)17-15(20)16(21)19-18-12(3)14-5-4-8-22-14/h4-9H,1-3H3,(H,17,20)(H,19,21)/b18-12+. The molecule has 0 aliphatic carbocycles. The van der Waals surface area contributed by atoms with Crippen LogP contribution in [0.25, 0.3) is 0 Å². The largest absolute Gasteiger partial charge is 0.463 e. The number of anilines is 1. The molecular weight excluding hydrogens is 282 g/mol.